The Morgan fingerprint density at radius 2 is 1.67 bits per heavy atom. The number of methoxy groups -OCH3 is 2. The predicted octanol–water partition coefficient (Wildman–Crippen LogP) is 3.64. The van der Waals surface area contributed by atoms with E-state index in [4.69, 9.17) is 9.47 Å². The molecule has 0 unspecified atom stereocenters. The summed E-state index contributed by atoms with van der Waals surface area (Å²) in [6, 6.07) is 19.2. The van der Waals surface area contributed by atoms with Crippen molar-refractivity contribution in [1.82, 2.24) is 4.31 Å². The maximum absolute atomic E-state index is 13.8. The Labute approximate surface area is 211 Å². The molecule has 7 nitrogen and oxygen atoms in total. The van der Waals surface area contributed by atoms with E-state index in [1.807, 2.05) is 42.5 Å². The van der Waals surface area contributed by atoms with Gasteiger partial charge in [-0.05, 0) is 60.5 Å². The molecule has 0 saturated carbocycles. The van der Waals surface area contributed by atoms with Crippen molar-refractivity contribution in [2.45, 2.75) is 23.4 Å². The van der Waals surface area contributed by atoms with Crippen LogP contribution in [0.1, 0.15) is 29.2 Å². The lowest BCUT2D eigenvalue weighted by molar-refractivity contribution is 0.210. The van der Waals surface area contributed by atoms with Crippen molar-refractivity contribution in [1.29, 1.82) is 0 Å². The quantitative estimate of drug-likeness (QED) is 0.516. The number of rotatable bonds is 5. The third-order valence-corrected chi connectivity index (χ3v) is 8.77. The molecule has 1 saturated heterocycles. The second kappa shape index (κ2) is 9.86. The SMILES string of the molecule is COc1cccc(C#Cc2ccc3c(c2)[C@H]2[C@H](CCN2S(=O)(=O)c2cccc(OC)c2)[C@@H](CO)N3)c1. The van der Waals surface area contributed by atoms with Gasteiger partial charge in [0.1, 0.15) is 11.5 Å². The molecule has 0 spiro atoms. The molecule has 186 valence electrons. The molecule has 0 bridgehead atoms. The number of fused-ring (bicyclic) bond motifs is 3. The Morgan fingerprint density at radius 1 is 0.972 bits per heavy atom. The average molecular weight is 505 g/mol. The second-order valence-electron chi connectivity index (χ2n) is 8.91. The Bertz CT molecular complexity index is 1440. The Kier molecular flexibility index (Phi) is 6.63. The Morgan fingerprint density at radius 3 is 2.39 bits per heavy atom. The van der Waals surface area contributed by atoms with Crippen LogP contribution >= 0.6 is 0 Å². The minimum absolute atomic E-state index is 0.0653. The summed E-state index contributed by atoms with van der Waals surface area (Å²) in [6.45, 7) is 0.289. The molecule has 8 heteroatoms. The molecule has 3 atom stereocenters. The summed E-state index contributed by atoms with van der Waals surface area (Å²) in [5, 5.41) is 13.5. The van der Waals surface area contributed by atoms with E-state index in [0.29, 0.717) is 18.7 Å². The van der Waals surface area contributed by atoms with Crippen molar-refractivity contribution in [2.75, 3.05) is 32.7 Å². The highest BCUT2D eigenvalue weighted by molar-refractivity contribution is 7.89. The molecular weight excluding hydrogens is 476 g/mol. The molecule has 0 amide bonds. The molecule has 0 radical (unpaired) electrons. The van der Waals surface area contributed by atoms with E-state index in [9.17, 15) is 13.5 Å². The molecule has 5 rings (SSSR count). The number of aliphatic hydroxyl groups excluding tert-OH is 1. The summed E-state index contributed by atoms with van der Waals surface area (Å²) in [5.74, 6) is 7.52. The van der Waals surface area contributed by atoms with E-state index < -0.39 is 16.1 Å². The number of benzene rings is 3. The van der Waals surface area contributed by atoms with Crippen molar-refractivity contribution < 1.29 is 23.0 Å². The molecule has 2 aliphatic rings. The first-order valence-corrected chi connectivity index (χ1v) is 13.2. The maximum Gasteiger partial charge on any atom is 0.243 e. The highest BCUT2D eigenvalue weighted by atomic mass is 32.2. The maximum atomic E-state index is 13.8. The van der Waals surface area contributed by atoms with Gasteiger partial charge in [0.15, 0.2) is 0 Å². The first-order chi connectivity index (χ1) is 17.4. The number of hydrogen-bond donors (Lipinski definition) is 2. The van der Waals surface area contributed by atoms with Crippen LogP contribution in [0.15, 0.2) is 71.6 Å². The zero-order chi connectivity index (χ0) is 25.3. The lowest BCUT2D eigenvalue weighted by atomic mass is 9.83. The van der Waals surface area contributed by atoms with Crippen LogP contribution in [0.4, 0.5) is 5.69 Å². The molecule has 3 aromatic carbocycles. The van der Waals surface area contributed by atoms with Crippen LogP contribution in [-0.4, -0.2) is 51.2 Å². The topological polar surface area (TPSA) is 88.1 Å². The van der Waals surface area contributed by atoms with Crippen LogP contribution in [0.25, 0.3) is 0 Å². The predicted molar refractivity (Wildman–Crippen MR) is 138 cm³/mol. The van der Waals surface area contributed by atoms with E-state index in [1.165, 1.54) is 7.11 Å². The van der Waals surface area contributed by atoms with Gasteiger partial charge in [-0.2, -0.15) is 4.31 Å². The van der Waals surface area contributed by atoms with Gasteiger partial charge < -0.3 is 19.9 Å². The van der Waals surface area contributed by atoms with Gasteiger partial charge in [-0.25, -0.2) is 8.42 Å². The van der Waals surface area contributed by atoms with Gasteiger partial charge in [-0.3, -0.25) is 0 Å². The molecule has 0 aliphatic carbocycles. The number of ether oxygens (including phenoxy) is 2. The lowest BCUT2D eigenvalue weighted by Gasteiger charge is -2.38. The van der Waals surface area contributed by atoms with Crippen LogP contribution < -0.4 is 14.8 Å². The van der Waals surface area contributed by atoms with Gasteiger partial charge in [-0.15, -0.1) is 0 Å². The van der Waals surface area contributed by atoms with Gasteiger partial charge in [0.25, 0.3) is 0 Å². The van der Waals surface area contributed by atoms with E-state index in [-0.39, 0.29) is 23.5 Å². The summed E-state index contributed by atoms with van der Waals surface area (Å²) in [7, 11) is -0.666. The van der Waals surface area contributed by atoms with Crippen molar-refractivity contribution >= 4 is 15.7 Å². The summed E-state index contributed by atoms with van der Waals surface area (Å²) < 4.78 is 39.6. The fourth-order valence-corrected chi connectivity index (χ4v) is 6.81. The molecule has 2 heterocycles. The van der Waals surface area contributed by atoms with Crippen molar-refractivity contribution in [3.05, 3.63) is 83.4 Å². The first-order valence-electron chi connectivity index (χ1n) is 11.8. The molecule has 0 aromatic heterocycles. The van der Waals surface area contributed by atoms with Crippen LogP contribution in [0.3, 0.4) is 0 Å². The summed E-state index contributed by atoms with van der Waals surface area (Å²) >= 11 is 0. The van der Waals surface area contributed by atoms with Crippen molar-refractivity contribution in [3.63, 3.8) is 0 Å². The molecule has 36 heavy (non-hydrogen) atoms. The van der Waals surface area contributed by atoms with E-state index in [0.717, 1.165) is 28.1 Å². The molecule has 1 fully saturated rings. The first kappa shape index (κ1) is 24.2. The van der Waals surface area contributed by atoms with Crippen molar-refractivity contribution in [3.8, 4) is 23.3 Å². The molecule has 3 aromatic rings. The normalized spacial score (nSPS) is 20.9. The van der Waals surface area contributed by atoms with Gasteiger partial charge >= 0.3 is 0 Å². The minimum Gasteiger partial charge on any atom is -0.497 e. The number of nitrogens with zero attached hydrogens (tertiary/aromatic N) is 1. The number of nitrogens with one attached hydrogen (secondary N) is 1. The van der Waals surface area contributed by atoms with Gasteiger partial charge in [0.2, 0.25) is 10.0 Å². The fourth-order valence-electron chi connectivity index (χ4n) is 5.11. The largest absolute Gasteiger partial charge is 0.497 e. The van der Waals surface area contributed by atoms with E-state index >= 15 is 0 Å². The number of hydrogen-bond acceptors (Lipinski definition) is 6. The molecule has 2 N–H and O–H groups in total. The summed E-state index contributed by atoms with van der Waals surface area (Å²) in [4.78, 5) is 0.192. The van der Waals surface area contributed by atoms with Crippen LogP contribution in [-0.2, 0) is 10.0 Å². The van der Waals surface area contributed by atoms with E-state index in [2.05, 4.69) is 17.2 Å². The summed E-state index contributed by atoms with van der Waals surface area (Å²) in [6.07, 6.45) is 0.644. The highest BCUT2D eigenvalue weighted by Crippen LogP contribution is 2.48. The monoisotopic (exact) mass is 504 g/mol. The average Bonchev–Trinajstić information content (AvgIpc) is 3.38. The zero-order valence-electron chi connectivity index (χ0n) is 20.1. The van der Waals surface area contributed by atoms with Gasteiger partial charge in [0, 0.05) is 35.3 Å². The fraction of sp³-hybridized carbons (Fsp3) is 0.286. The van der Waals surface area contributed by atoms with E-state index in [1.54, 1.807) is 35.7 Å². The third kappa shape index (κ3) is 4.42. The third-order valence-electron chi connectivity index (χ3n) is 6.89. The molecule has 2 aliphatic heterocycles. The number of sulfonamides is 1. The number of anilines is 1. The minimum atomic E-state index is -3.80. The molecular formula is C28H28N2O5S. The summed E-state index contributed by atoms with van der Waals surface area (Å²) in [5.41, 5.74) is 3.29. The Balaban J connectivity index is 1.54. The van der Waals surface area contributed by atoms with Crippen LogP contribution in [0.2, 0.25) is 0 Å². The highest BCUT2D eigenvalue weighted by Gasteiger charge is 2.48. The second-order valence-corrected chi connectivity index (χ2v) is 10.8. The van der Waals surface area contributed by atoms with Crippen LogP contribution in [0, 0.1) is 17.8 Å². The van der Waals surface area contributed by atoms with Crippen molar-refractivity contribution in [2.24, 2.45) is 5.92 Å². The van der Waals surface area contributed by atoms with Crippen LogP contribution in [0.5, 0.6) is 11.5 Å². The van der Waals surface area contributed by atoms with Gasteiger partial charge in [-0.1, -0.05) is 24.0 Å². The number of aliphatic hydroxyl groups is 1. The Hall–Kier alpha value is -3.51. The smallest absolute Gasteiger partial charge is 0.243 e. The van der Waals surface area contributed by atoms with Gasteiger partial charge in [0.05, 0.1) is 37.8 Å². The lowest BCUT2D eigenvalue weighted by Crippen LogP contribution is -2.42. The standard InChI is InChI=1S/C28H28N2O5S/c1-34-21-6-3-5-19(15-21)9-10-20-11-12-26-25(16-20)28-24(27(18-31)29-26)13-14-30(28)36(32,33)23-8-4-7-22(17-23)35-2/h3-8,11-12,15-17,24,27-29,31H,13-14,18H2,1-2H3/t24-,27-,28-/m1/s1. The zero-order valence-corrected chi connectivity index (χ0v) is 21.0.